The predicted octanol–water partition coefficient (Wildman–Crippen LogP) is 5.86. The summed E-state index contributed by atoms with van der Waals surface area (Å²) in [4.78, 5) is 28.4. The van der Waals surface area contributed by atoms with Crippen LogP contribution in [0.15, 0.2) is 76.1 Å². The van der Waals surface area contributed by atoms with Crippen molar-refractivity contribution in [3.8, 4) is 0 Å². The first-order valence-electron chi connectivity index (χ1n) is 12.5. The molecule has 1 N–H and O–H groups in total. The normalized spacial score (nSPS) is 12.2. The molecule has 0 saturated carbocycles. The van der Waals surface area contributed by atoms with Crippen LogP contribution in [0.25, 0.3) is 0 Å². The van der Waals surface area contributed by atoms with Gasteiger partial charge in [-0.1, -0.05) is 57.4 Å². The lowest BCUT2D eigenvalue weighted by molar-refractivity contribution is -0.139. The minimum absolute atomic E-state index is 0.0550. The fourth-order valence-electron chi connectivity index (χ4n) is 4.07. The third kappa shape index (κ3) is 7.84. The number of nitrogens with zero attached hydrogens (tertiary/aromatic N) is 2. The Bertz CT molecular complexity index is 1450. The van der Waals surface area contributed by atoms with Crippen molar-refractivity contribution in [1.82, 2.24) is 10.2 Å². The van der Waals surface area contributed by atoms with Gasteiger partial charge in [-0.05, 0) is 88.2 Å². The molecule has 39 heavy (non-hydrogen) atoms. The molecule has 0 radical (unpaired) electrons. The molecule has 0 heterocycles. The zero-order valence-electron chi connectivity index (χ0n) is 22.6. The highest BCUT2D eigenvalue weighted by atomic mass is 79.9. The van der Waals surface area contributed by atoms with Crippen LogP contribution in [0.2, 0.25) is 5.02 Å². The summed E-state index contributed by atoms with van der Waals surface area (Å²) in [6.07, 6.45) is 0. The molecule has 0 spiro atoms. The third-order valence-corrected chi connectivity index (χ3v) is 8.66. The number of anilines is 1. The SMILES string of the molecule is Cc1ccc(S(=O)(=O)N(CC(=O)N(Cc2cccc(Br)c2)[C@@H](C)C(=O)NC(C)C)c2ccc(Cl)cc2C)cc1. The summed E-state index contributed by atoms with van der Waals surface area (Å²) in [7, 11) is -4.14. The zero-order valence-corrected chi connectivity index (χ0v) is 25.8. The number of benzene rings is 3. The van der Waals surface area contributed by atoms with Crippen LogP contribution in [-0.2, 0) is 26.2 Å². The number of aryl methyl sites for hydroxylation is 2. The largest absolute Gasteiger partial charge is 0.352 e. The maximum Gasteiger partial charge on any atom is 0.264 e. The maximum absolute atomic E-state index is 14.0. The van der Waals surface area contributed by atoms with Gasteiger partial charge >= 0.3 is 0 Å². The highest BCUT2D eigenvalue weighted by Crippen LogP contribution is 2.29. The monoisotopic (exact) mass is 633 g/mol. The second-order valence-corrected chi connectivity index (χ2v) is 13.0. The first kappa shape index (κ1) is 30.7. The highest BCUT2D eigenvalue weighted by Gasteiger charge is 2.33. The Morgan fingerprint density at radius 1 is 0.974 bits per heavy atom. The minimum Gasteiger partial charge on any atom is -0.352 e. The van der Waals surface area contributed by atoms with Crippen LogP contribution in [0.4, 0.5) is 5.69 Å². The molecule has 3 aromatic carbocycles. The van der Waals surface area contributed by atoms with Crippen molar-refractivity contribution in [2.24, 2.45) is 0 Å². The van der Waals surface area contributed by atoms with E-state index in [0.717, 1.165) is 19.9 Å². The van der Waals surface area contributed by atoms with E-state index in [4.69, 9.17) is 11.6 Å². The van der Waals surface area contributed by atoms with E-state index in [1.807, 2.05) is 45.0 Å². The fourth-order valence-corrected chi connectivity index (χ4v) is 6.22. The quantitative estimate of drug-likeness (QED) is 0.303. The second-order valence-electron chi connectivity index (χ2n) is 9.75. The van der Waals surface area contributed by atoms with Gasteiger partial charge < -0.3 is 10.2 Å². The average Bonchev–Trinajstić information content (AvgIpc) is 2.85. The molecule has 7 nitrogen and oxygen atoms in total. The van der Waals surface area contributed by atoms with E-state index in [0.29, 0.717) is 16.3 Å². The molecule has 0 aliphatic carbocycles. The Hall–Kier alpha value is -2.88. The van der Waals surface area contributed by atoms with Crippen LogP contribution in [0.1, 0.15) is 37.5 Å². The number of hydrogen-bond acceptors (Lipinski definition) is 4. The van der Waals surface area contributed by atoms with Gasteiger partial charge in [0.2, 0.25) is 11.8 Å². The molecule has 208 valence electrons. The number of carbonyl (C=O) groups is 2. The van der Waals surface area contributed by atoms with Gasteiger partial charge in [-0.2, -0.15) is 0 Å². The van der Waals surface area contributed by atoms with Crippen LogP contribution in [0.3, 0.4) is 0 Å². The Labute approximate surface area is 244 Å². The third-order valence-electron chi connectivity index (χ3n) is 6.16. The number of hydrogen-bond donors (Lipinski definition) is 1. The van der Waals surface area contributed by atoms with Crippen LogP contribution in [0, 0.1) is 13.8 Å². The van der Waals surface area contributed by atoms with Gasteiger partial charge in [0.1, 0.15) is 12.6 Å². The van der Waals surface area contributed by atoms with Crippen molar-refractivity contribution >= 4 is 55.1 Å². The number of nitrogens with one attached hydrogen (secondary N) is 1. The first-order chi connectivity index (χ1) is 18.3. The zero-order chi connectivity index (χ0) is 28.9. The molecule has 0 aliphatic rings. The van der Waals surface area contributed by atoms with Gasteiger partial charge in [0, 0.05) is 22.1 Å². The molecule has 0 bridgehead atoms. The Balaban J connectivity index is 2.07. The van der Waals surface area contributed by atoms with Gasteiger partial charge in [0.15, 0.2) is 0 Å². The number of rotatable bonds is 10. The molecule has 0 fully saturated rings. The van der Waals surface area contributed by atoms with Crippen molar-refractivity contribution in [3.05, 3.63) is 92.9 Å². The van der Waals surface area contributed by atoms with E-state index < -0.39 is 28.5 Å². The summed E-state index contributed by atoms with van der Waals surface area (Å²) in [6.45, 7) is 8.52. The summed E-state index contributed by atoms with van der Waals surface area (Å²) in [5.41, 5.74) is 2.62. The van der Waals surface area contributed by atoms with Gasteiger partial charge in [-0.15, -0.1) is 0 Å². The molecule has 10 heteroatoms. The Morgan fingerprint density at radius 3 is 2.23 bits per heavy atom. The van der Waals surface area contributed by atoms with Crippen LogP contribution < -0.4 is 9.62 Å². The molecular formula is C29H33BrClN3O4S. The first-order valence-corrected chi connectivity index (χ1v) is 15.1. The molecular weight excluding hydrogens is 602 g/mol. The van der Waals surface area contributed by atoms with Crippen LogP contribution in [-0.4, -0.2) is 43.8 Å². The van der Waals surface area contributed by atoms with Crippen LogP contribution in [0.5, 0.6) is 0 Å². The van der Waals surface area contributed by atoms with Crippen molar-refractivity contribution < 1.29 is 18.0 Å². The molecule has 0 aromatic heterocycles. The van der Waals surface area contributed by atoms with Crippen molar-refractivity contribution in [1.29, 1.82) is 0 Å². The summed E-state index contributed by atoms with van der Waals surface area (Å²) < 4.78 is 29.8. The predicted molar refractivity (Wildman–Crippen MR) is 159 cm³/mol. The standard InChI is InChI=1S/C29H33BrClN3O4S/c1-19(2)32-29(36)22(5)33(17-23-7-6-8-24(30)16-23)28(35)18-34(27-14-11-25(31)15-21(27)4)39(37,38)26-12-9-20(3)10-13-26/h6-16,19,22H,17-18H2,1-5H3,(H,32,36)/t22-/m0/s1. The van der Waals surface area contributed by atoms with Crippen molar-refractivity contribution in [2.75, 3.05) is 10.8 Å². The fraction of sp³-hybridized carbons (Fsp3) is 0.310. The van der Waals surface area contributed by atoms with Gasteiger partial charge in [-0.25, -0.2) is 8.42 Å². The highest BCUT2D eigenvalue weighted by molar-refractivity contribution is 9.10. The van der Waals surface area contributed by atoms with Gasteiger partial charge in [-0.3, -0.25) is 13.9 Å². The summed E-state index contributed by atoms with van der Waals surface area (Å²) in [5, 5.41) is 3.30. The number of sulfonamides is 1. The van der Waals surface area contributed by atoms with E-state index in [1.165, 1.54) is 17.0 Å². The molecule has 0 aliphatic heterocycles. The lowest BCUT2D eigenvalue weighted by atomic mass is 10.1. The van der Waals surface area contributed by atoms with Gasteiger partial charge in [0.25, 0.3) is 10.0 Å². The van der Waals surface area contributed by atoms with Gasteiger partial charge in [0.05, 0.1) is 10.6 Å². The van der Waals surface area contributed by atoms with Crippen molar-refractivity contribution in [2.45, 2.75) is 58.1 Å². The van der Waals surface area contributed by atoms with E-state index in [2.05, 4.69) is 21.2 Å². The lowest BCUT2D eigenvalue weighted by Gasteiger charge is -2.32. The molecule has 0 saturated heterocycles. The molecule has 1 atom stereocenters. The summed E-state index contributed by atoms with van der Waals surface area (Å²) >= 11 is 9.60. The Kier molecular flexibility index (Phi) is 10.2. The summed E-state index contributed by atoms with van der Waals surface area (Å²) in [6, 6.07) is 17.7. The molecule has 3 aromatic rings. The van der Waals surface area contributed by atoms with E-state index in [-0.39, 0.29) is 23.4 Å². The smallest absolute Gasteiger partial charge is 0.264 e. The van der Waals surface area contributed by atoms with E-state index in [1.54, 1.807) is 44.2 Å². The number of halogens is 2. The van der Waals surface area contributed by atoms with Crippen LogP contribution >= 0.6 is 27.5 Å². The number of amides is 2. The second kappa shape index (κ2) is 13.0. The van der Waals surface area contributed by atoms with E-state index >= 15 is 0 Å². The van der Waals surface area contributed by atoms with Crippen molar-refractivity contribution in [3.63, 3.8) is 0 Å². The maximum atomic E-state index is 14.0. The minimum atomic E-state index is -4.14. The average molecular weight is 635 g/mol. The lowest BCUT2D eigenvalue weighted by Crippen LogP contribution is -2.52. The van der Waals surface area contributed by atoms with E-state index in [9.17, 15) is 18.0 Å². The summed E-state index contributed by atoms with van der Waals surface area (Å²) in [5.74, 6) is -0.851. The molecule has 0 unspecified atom stereocenters. The topological polar surface area (TPSA) is 86.8 Å². The molecule has 3 rings (SSSR count). The molecule has 2 amide bonds. The number of carbonyl (C=O) groups excluding carboxylic acids is 2. The Morgan fingerprint density at radius 2 is 1.64 bits per heavy atom.